The zero-order valence-corrected chi connectivity index (χ0v) is 9.33. The third kappa shape index (κ3) is 2.67. The normalized spacial score (nSPS) is 10.9. The number of rotatable bonds is 3. The highest BCUT2D eigenvalue weighted by atomic mass is 15.1. The van der Waals surface area contributed by atoms with Gasteiger partial charge in [-0.05, 0) is 27.9 Å². The molecule has 0 unspecified atom stereocenters. The highest BCUT2D eigenvalue weighted by Crippen LogP contribution is 2.10. The average Bonchev–Trinajstić information content (AvgIpc) is 2.10. The largest absolute Gasteiger partial charge is 0.383 e. The van der Waals surface area contributed by atoms with Crippen LogP contribution in [0.25, 0.3) is 0 Å². The fourth-order valence-corrected chi connectivity index (χ4v) is 1.15. The molecular formula is C10H18N4. The first-order valence-electron chi connectivity index (χ1n) is 4.75. The Hall–Kier alpha value is -1.16. The molecule has 4 heteroatoms. The lowest BCUT2D eigenvalue weighted by molar-refractivity contribution is 0.409. The van der Waals surface area contributed by atoms with E-state index in [0.717, 1.165) is 30.0 Å². The summed E-state index contributed by atoms with van der Waals surface area (Å²) in [6.45, 7) is 4.86. The van der Waals surface area contributed by atoms with Gasteiger partial charge in [0.25, 0.3) is 0 Å². The minimum absolute atomic E-state index is 0.603. The smallest absolute Gasteiger partial charge is 0.132 e. The van der Waals surface area contributed by atoms with E-state index in [4.69, 9.17) is 5.73 Å². The number of aromatic nitrogens is 2. The Morgan fingerprint density at radius 2 is 1.86 bits per heavy atom. The first-order valence-corrected chi connectivity index (χ1v) is 4.75. The van der Waals surface area contributed by atoms with Crippen molar-refractivity contribution in [3.8, 4) is 0 Å². The predicted molar refractivity (Wildman–Crippen MR) is 58.2 cm³/mol. The van der Waals surface area contributed by atoms with Crippen LogP contribution in [0.15, 0.2) is 0 Å². The summed E-state index contributed by atoms with van der Waals surface area (Å²) in [5.41, 5.74) is 7.73. The molecule has 0 aliphatic heterocycles. The van der Waals surface area contributed by atoms with Crippen molar-refractivity contribution in [3.63, 3.8) is 0 Å². The van der Waals surface area contributed by atoms with Crippen LogP contribution in [-0.4, -0.2) is 35.5 Å². The van der Waals surface area contributed by atoms with Gasteiger partial charge < -0.3 is 10.6 Å². The maximum atomic E-state index is 5.76. The van der Waals surface area contributed by atoms with E-state index in [1.807, 2.05) is 27.9 Å². The van der Waals surface area contributed by atoms with Crippen LogP contribution in [0.3, 0.4) is 0 Å². The maximum Gasteiger partial charge on any atom is 0.132 e. The lowest BCUT2D eigenvalue weighted by atomic mass is 10.2. The number of anilines is 1. The van der Waals surface area contributed by atoms with E-state index in [2.05, 4.69) is 14.9 Å². The molecule has 0 spiro atoms. The van der Waals surface area contributed by atoms with E-state index in [-0.39, 0.29) is 0 Å². The average molecular weight is 194 g/mol. The SMILES string of the molecule is Cc1nc(CCN(C)C)nc(N)c1C. The van der Waals surface area contributed by atoms with Crippen LogP contribution in [0.1, 0.15) is 17.1 Å². The van der Waals surface area contributed by atoms with Gasteiger partial charge >= 0.3 is 0 Å². The molecule has 1 rings (SSSR count). The van der Waals surface area contributed by atoms with Gasteiger partial charge in [-0.15, -0.1) is 0 Å². The van der Waals surface area contributed by atoms with Crippen molar-refractivity contribution in [1.82, 2.24) is 14.9 Å². The number of hydrogen-bond donors (Lipinski definition) is 1. The molecule has 0 aliphatic rings. The van der Waals surface area contributed by atoms with Crippen LogP contribution < -0.4 is 5.73 Å². The van der Waals surface area contributed by atoms with E-state index in [1.165, 1.54) is 0 Å². The van der Waals surface area contributed by atoms with Gasteiger partial charge in [-0.25, -0.2) is 9.97 Å². The molecule has 1 heterocycles. The Labute approximate surface area is 85.2 Å². The molecule has 0 saturated carbocycles. The molecule has 0 fully saturated rings. The van der Waals surface area contributed by atoms with Gasteiger partial charge in [0, 0.05) is 24.2 Å². The molecule has 0 atom stereocenters. The number of nitrogens with zero attached hydrogens (tertiary/aromatic N) is 3. The molecule has 4 nitrogen and oxygen atoms in total. The van der Waals surface area contributed by atoms with Crippen molar-refractivity contribution >= 4 is 5.82 Å². The topological polar surface area (TPSA) is 55.0 Å². The summed E-state index contributed by atoms with van der Waals surface area (Å²) in [6.07, 6.45) is 0.846. The Morgan fingerprint density at radius 3 is 2.36 bits per heavy atom. The lowest BCUT2D eigenvalue weighted by Gasteiger charge is -2.10. The highest BCUT2D eigenvalue weighted by molar-refractivity contribution is 5.40. The van der Waals surface area contributed by atoms with Crippen molar-refractivity contribution in [2.75, 3.05) is 26.4 Å². The second kappa shape index (κ2) is 4.37. The van der Waals surface area contributed by atoms with Crippen molar-refractivity contribution in [3.05, 3.63) is 17.1 Å². The minimum atomic E-state index is 0.603. The minimum Gasteiger partial charge on any atom is -0.383 e. The van der Waals surface area contributed by atoms with Gasteiger partial charge in [-0.2, -0.15) is 0 Å². The third-order valence-corrected chi connectivity index (χ3v) is 2.26. The monoisotopic (exact) mass is 194 g/mol. The molecule has 78 valence electrons. The maximum absolute atomic E-state index is 5.76. The van der Waals surface area contributed by atoms with E-state index >= 15 is 0 Å². The van der Waals surface area contributed by atoms with Crippen LogP contribution >= 0.6 is 0 Å². The zero-order chi connectivity index (χ0) is 10.7. The van der Waals surface area contributed by atoms with Gasteiger partial charge in [0.15, 0.2) is 0 Å². The Balaban J connectivity index is 2.79. The highest BCUT2D eigenvalue weighted by Gasteiger charge is 2.04. The Bertz CT molecular complexity index is 297. The number of hydrogen-bond acceptors (Lipinski definition) is 4. The van der Waals surface area contributed by atoms with Gasteiger partial charge in [-0.3, -0.25) is 0 Å². The van der Waals surface area contributed by atoms with Crippen molar-refractivity contribution in [1.29, 1.82) is 0 Å². The van der Waals surface area contributed by atoms with Gasteiger partial charge in [0.05, 0.1) is 0 Å². The molecule has 0 aromatic carbocycles. The Kier molecular flexibility index (Phi) is 3.41. The molecule has 1 aromatic rings. The summed E-state index contributed by atoms with van der Waals surface area (Å²) in [7, 11) is 4.06. The number of aryl methyl sites for hydroxylation is 1. The number of likely N-dealkylation sites (N-methyl/N-ethyl adjacent to an activating group) is 1. The summed E-state index contributed by atoms with van der Waals surface area (Å²) in [5, 5.41) is 0. The summed E-state index contributed by atoms with van der Waals surface area (Å²) in [6, 6.07) is 0. The zero-order valence-electron chi connectivity index (χ0n) is 9.33. The van der Waals surface area contributed by atoms with Crippen molar-refractivity contribution in [2.45, 2.75) is 20.3 Å². The third-order valence-electron chi connectivity index (χ3n) is 2.26. The van der Waals surface area contributed by atoms with E-state index in [9.17, 15) is 0 Å². The van der Waals surface area contributed by atoms with Crippen molar-refractivity contribution < 1.29 is 0 Å². The molecule has 14 heavy (non-hydrogen) atoms. The summed E-state index contributed by atoms with van der Waals surface area (Å²) < 4.78 is 0. The van der Waals surface area contributed by atoms with Gasteiger partial charge in [0.1, 0.15) is 11.6 Å². The molecule has 1 aromatic heterocycles. The second-order valence-electron chi connectivity index (χ2n) is 3.79. The number of nitrogens with two attached hydrogens (primary N) is 1. The predicted octanol–water partition coefficient (Wildman–Crippen LogP) is 0.780. The molecule has 0 bridgehead atoms. The molecule has 2 N–H and O–H groups in total. The fraction of sp³-hybridized carbons (Fsp3) is 0.600. The van der Waals surface area contributed by atoms with Crippen LogP contribution in [0.4, 0.5) is 5.82 Å². The Morgan fingerprint density at radius 1 is 1.21 bits per heavy atom. The molecule has 0 saturated heterocycles. The van der Waals surface area contributed by atoms with Gasteiger partial charge in [0.2, 0.25) is 0 Å². The first-order chi connectivity index (χ1) is 6.50. The molecule has 0 amide bonds. The standard InChI is InChI=1S/C10H18N4/c1-7-8(2)12-9(13-10(7)11)5-6-14(3)4/h5-6H2,1-4H3,(H2,11,12,13). The summed E-state index contributed by atoms with van der Waals surface area (Å²) >= 11 is 0. The first kappa shape index (κ1) is 10.9. The van der Waals surface area contributed by atoms with E-state index in [1.54, 1.807) is 0 Å². The number of nitrogen functional groups attached to an aromatic ring is 1. The summed E-state index contributed by atoms with van der Waals surface area (Å²) in [5.74, 6) is 1.44. The van der Waals surface area contributed by atoms with Crippen LogP contribution in [0, 0.1) is 13.8 Å². The quantitative estimate of drug-likeness (QED) is 0.772. The van der Waals surface area contributed by atoms with E-state index in [0.29, 0.717) is 5.82 Å². The van der Waals surface area contributed by atoms with E-state index < -0.39 is 0 Å². The fourth-order valence-electron chi connectivity index (χ4n) is 1.15. The van der Waals surface area contributed by atoms with Crippen LogP contribution in [0.2, 0.25) is 0 Å². The molecule has 0 aliphatic carbocycles. The van der Waals surface area contributed by atoms with Crippen LogP contribution in [0.5, 0.6) is 0 Å². The summed E-state index contributed by atoms with van der Waals surface area (Å²) in [4.78, 5) is 10.7. The van der Waals surface area contributed by atoms with Gasteiger partial charge in [-0.1, -0.05) is 0 Å². The second-order valence-corrected chi connectivity index (χ2v) is 3.79. The van der Waals surface area contributed by atoms with Crippen molar-refractivity contribution in [2.24, 2.45) is 0 Å². The molecule has 0 radical (unpaired) electrons. The molecular weight excluding hydrogens is 176 g/mol. The lowest BCUT2D eigenvalue weighted by Crippen LogP contribution is -2.17. The van der Waals surface area contributed by atoms with Crippen LogP contribution in [-0.2, 0) is 6.42 Å².